The molecule has 0 aliphatic carbocycles. The molecular formula is C10H17BrN2O2S2. The Hall–Kier alpha value is 0.0500. The van der Waals surface area contributed by atoms with Gasteiger partial charge in [0.05, 0.1) is 3.79 Å². The highest BCUT2D eigenvalue weighted by molar-refractivity contribution is 9.11. The van der Waals surface area contributed by atoms with E-state index in [1.807, 2.05) is 13.8 Å². The van der Waals surface area contributed by atoms with Gasteiger partial charge in [-0.15, -0.1) is 11.3 Å². The summed E-state index contributed by atoms with van der Waals surface area (Å²) in [5.74, 6) is 0. The van der Waals surface area contributed by atoms with E-state index in [1.54, 1.807) is 12.1 Å². The van der Waals surface area contributed by atoms with Gasteiger partial charge in [-0.25, -0.2) is 13.1 Å². The fraction of sp³-hybridized carbons (Fsp3) is 0.600. The summed E-state index contributed by atoms with van der Waals surface area (Å²) < 4.78 is 27.6. The number of nitrogens with one attached hydrogen (secondary N) is 1. The maximum Gasteiger partial charge on any atom is 0.250 e. The van der Waals surface area contributed by atoms with E-state index >= 15 is 0 Å². The van der Waals surface area contributed by atoms with Crippen molar-refractivity contribution in [3.05, 3.63) is 15.9 Å². The van der Waals surface area contributed by atoms with Crippen molar-refractivity contribution in [2.45, 2.75) is 36.4 Å². The molecule has 0 fully saturated rings. The molecule has 0 spiro atoms. The van der Waals surface area contributed by atoms with Gasteiger partial charge in [-0.3, -0.25) is 0 Å². The highest BCUT2D eigenvalue weighted by Crippen LogP contribution is 2.26. The second-order valence-corrected chi connectivity index (χ2v) is 8.41. The molecule has 3 N–H and O–H groups in total. The summed E-state index contributed by atoms with van der Waals surface area (Å²) in [4.78, 5) is 0. The van der Waals surface area contributed by atoms with E-state index in [9.17, 15) is 8.42 Å². The van der Waals surface area contributed by atoms with Crippen LogP contribution in [0.5, 0.6) is 0 Å². The zero-order chi connectivity index (χ0) is 13.1. The first-order valence-electron chi connectivity index (χ1n) is 5.37. The summed E-state index contributed by atoms with van der Waals surface area (Å²) in [6.45, 7) is 4.18. The third-order valence-electron chi connectivity index (χ3n) is 2.84. The van der Waals surface area contributed by atoms with Crippen molar-refractivity contribution in [1.82, 2.24) is 4.72 Å². The molecule has 7 heteroatoms. The number of hydrogen-bond donors (Lipinski definition) is 2. The molecule has 0 radical (unpaired) electrons. The molecule has 1 heterocycles. The Morgan fingerprint density at radius 2 is 2.00 bits per heavy atom. The summed E-state index contributed by atoms with van der Waals surface area (Å²) in [6.07, 6.45) is 1.47. The topological polar surface area (TPSA) is 72.2 Å². The van der Waals surface area contributed by atoms with Crippen molar-refractivity contribution in [2.24, 2.45) is 5.73 Å². The van der Waals surface area contributed by atoms with E-state index in [4.69, 9.17) is 5.73 Å². The van der Waals surface area contributed by atoms with Crippen LogP contribution in [0.4, 0.5) is 0 Å². The molecule has 1 rings (SSSR count). The summed E-state index contributed by atoms with van der Waals surface area (Å²) in [5, 5.41) is 0. The highest BCUT2D eigenvalue weighted by Gasteiger charge is 2.24. The third-order valence-corrected chi connectivity index (χ3v) is 6.35. The zero-order valence-electron chi connectivity index (χ0n) is 9.86. The van der Waals surface area contributed by atoms with E-state index in [-0.39, 0.29) is 6.54 Å². The standard InChI is InChI=1S/C10H17BrN2O2S2/c1-3-10(12,4-2)7-13-17(14,15)9-6-5-8(11)16-9/h5-6,13H,3-4,7,12H2,1-2H3. The number of halogens is 1. The van der Waals surface area contributed by atoms with Gasteiger partial charge in [0.15, 0.2) is 0 Å². The molecule has 4 nitrogen and oxygen atoms in total. The Labute approximate surface area is 115 Å². The number of nitrogens with two attached hydrogens (primary N) is 1. The van der Waals surface area contributed by atoms with E-state index < -0.39 is 15.6 Å². The Kier molecular flexibility index (Phi) is 5.15. The van der Waals surface area contributed by atoms with Crippen molar-refractivity contribution in [1.29, 1.82) is 0 Å². The first-order chi connectivity index (χ1) is 7.83. The molecule has 98 valence electrons. The second kappa shape index (κ2) is 5.79. The van der Waals surface area contributed by atoms with Gasteiger partial charge < -0.3 is 5.73 Å². The second-order valence-electron chi connectivity index (χ2n) is 3.95. The Morgan fingerprint density at radius 3 is 2.41 bits per heavy atom. The molecule has 0 aliphatic heterocycles. The number of sulfonamides is 1. The van der Waals surface area contributed by atoms with Gasteiger partial charge in [-0.1, -0.05) is 13.8 Å². The van der Waals surface area contributed by atoms with Gasteiger partial charge >= 0.3 is 0 Å². The average molecular weight is 341 g/mol. The first-order valence-corrected chi connectivity index (χ1v) is 8.46. The lowest BCUT2D eigenvalue weighted by Crippen LogP contribution is -2.49. The lowest BCUT2D eigenvalue weighted by atomic mass is 9.95. The quantitative estimate of drug-likeness (QED) is 0.834. The maximum absolute atomic E-state index is 11.9. The van der Waals surface area contributed by atoms with Gasteiger partial charge in [0.25, 0.3) is 0 Å². The lowest BCUT2D eigenvalue weighted by Gasteiger charge is -2.26. The highest BCUT2D eigenvalue weighted by atomic mass is 79.9. The molecule has 0 aromatic carbocycles. The molecule has 17 heavy (non-hydrogen) atoms. The molecular weight excluding hydrogens is 324 g/mol. The molecule has 1 aromatic rings. The summed E-state index contributed by atoms with van der Waals surface area (Å²) in [7, 11) is -3.43. The van der Waals surface area contributed by atoms with Crippen molar-refractivity contribution in [2.75, 3.05) is 6.54 Å². The predicted molar refractivity (Wildman–Crippen MR) is 74.7 cm³/mol. The predicted octanol–water partition coefficient (Wildman–Crippen LogP) is 2.31. The lowest BCUT2D eigenvalue weighted by molar-refractivity contribution is 0.392. The van der Waals surface area contributed by atoms with Gasteiger partial charge in [0, 0.05) is 12.1 Å². The van der Waals surface area contributed by atoms with Gasteiger partial charge in [-0.05, 0) is 40.9 Å². The molecule has 0 saturated carbocycles. The van der Waals surface area contributed by atoms with Gasteiger partial charge in [-0.2, -0.15) is 0 Å². The third kappa shape index (κ3) is 4.03. The summed E-state index contributed by atoms with van der Waals surface area (Å²) >= 11 is 4.43. The van der Waals surface area contributed by atoms with Crippen LogP contribution in [0.3, 0.4) is 0 Å². The fourth-order valence-corrected chi connectivity index (χ4v) is 4.45. The van der Waals surface area contributed by atoms with Crippen LogP contribution in [-0.2, 0) is 10.0 Å². The minimum Gasteiger partial charge on any atom is -0.324 e. The number of hydrogen-bond acceptors (Lipinski definition) is 4. The molecule has 0 atom stereocenters. The molecule has 0 aliphatic rings. The van der Waals surface area contributed by atoms with Crippen LogP contribution < -0.4 is 10.5 Å². The van der Waals surface area contributed by atoms with Crippen LogP contribution >= 0.6 is 27.3 Å². The van der Waals surface area contributed by atoms with Crippen LogP contribution in [0.15, 0.2) is 20.1 Å². The van der Waals surface area contributed by atoms with E-state index in [0.717, 1.165) is 16.6 Å². The smallest absolute Gasteiger partial charge is 0.250 e. The molecule has 0 amide bonds. The molecule has 0 bridgehead atoms. The SMILES string of the molecule is CCC(N)(CC)CNS(=O)(=O)c1ccc(Br)s1. The molecule has 1 aromatic heterocycles. The van der Waals surface area contributed by atoms with Crippen LogP contribution in [-0.4, -0.2) is 20.5 Å². The van der Waals surface area contributed by atoms with Crippen LogP contribution in [0.2, 0.25) is 0 Å². The van der Waals surface area contributed by atoms with Crippen molar-refractivity contribution < 1.29 is 8.42 Å². The average Bonchev–Trinajstić information content (AvgIpc) is 2.74. The van der Waals surface area contributed by atoms with Crippen molar-refractivity contribution in [3.63, 3.8) is 0 Å². The summed E-state index contributed by atoms with van der Waals surface area (Å²) in [6, 6.07) is 3.29. The Morgan fingerprint density at radius 1 is 1.41 bits per heavy atom. The van der Waals surface area contributed by atoms with Gasteiger partial charge in [0.1, 0.15) is 4.21 Å². The fourth-order valence-electron chi connectivity index (χ4n) is 1.25. The van der Waals surface area contributed by atoms with Gasteiger partial charge in [0.2, 0.25) is 10.0 Å². The van der Waals surface area contributed by atoms with E-state index in [2.05, 4.69) is 20.7 Å². The van der Waals surface area contributed by atoms with Crippen LogP contribution in [0, 0.1) is 0 Å². The first kappa shape index (κ1) is 15.1. The zero-order valence-corrected chi connectivity index (χ0v) is 13.1. The van der Waals surface area contributed by atoms with Crippen LogP contribution in [0.1, 0.15) is 26.7 Å². The number of thiophene rings is 1. The normalized spacial score (nSPS) is 12.9. The minimum absolute atomic E-state index is 0.262. The largest absolute Gasteiger partial charge is 0.324 e. The maximum atomic E-state index is 11.9. The van der Waals surface area contributed by atoms with Crippen molar-refractivity contribution in [3.8, 4) is 0 Å². The number of rotatable bonds is 6. The Balaban J connectivity index is 2.75. The minimum atomic E-state index is -3.43. The Bertz CT molecular complexity index is 466. The molecule has 0 saturated heterocycles. The monoisotopic (exact) mass is 340 g/mol. The molecule has 0 unspecified atom stereocenters. The van der Waals surface area contributed by atoms with E-state index in [0.29, 0.717) is 4.21 Å². The summed E-state index contributed by atoms with van der Waals surface area (Å²) in [5.41, 5.74) is 5.58. The van der Waals surface area contributed by atoms with E-state index in [1.165, 1.54) is 11.3 Å². The van der Waals surface area contributed by atoms with Crippen molar-refractivity contribution >= 4 is 37.3 Å². The van der Waals surface area contributed by atoms with Crippen LogP contribution in [0.25, 0.3) is 0 Å².